The summed E-state index contributed by atoms with van der Waals surface area (Å²) in [4.78, 5) is 36.6. The quantitative estimate of drug-likeness (QED) is 0.786. The van der Waals surface area contributed by atoms with E-state index in [9.17, 15) is 23.2 Å². The zero-order valence-electron chi connectivity index (χ0n) is 14.8. The van der Waals surface area contributed by atoms with E-state index < -0.39 is 35.1 Å². The van der Waals surface area contributed by atoms with Crippen LogP contribution in [0.15, 0.2) is 42.5 Å². The number of carbonyl (C=O) groups is 3. The predicted molar refractivity (Wildman–Crippen MR) is 95.4 cm³/mol. The van der Waals surface area contributed by atoms with Crippen LogP contribution in [-0.4, -0.2) is 31.4 Å². The number of hydrogen-bond acceptors (Lipinski definition) is 4. The molecular formula is C19H18F2N2O4. The van der Waals surface area contributed by atoms with Crippen molar-refractivity contribution in [2.45, 2.75) is 13.3 Å². The van der Waals surface area contributed by atoms with E-state index in [-0.39, 0.29) is 24.2 Å². The first-order valence-corrected chi connectivity index (χ1v) is 8.04. The summed E-state index contributed by atoms with van der Waals surface area (Å²) in [7, 11) is 1.22. The van der Waals surface area contributed by atoms with Gasteiger partial charge in [-0.1, -0.05) is 18.2 Å². The predicted octanol–water partition coefficient (Wildman–Crippen LogP) is 3.13. The molecule has 0 aliphatic carbocycles. The topological polar surface area (TPSA) is 75.7 Å². The van der Waals surface area contributed by atoms with E-state index in [4.69, 9.17) is 0 Å². The number of para-hydroxylation sites is 2. The van der Waals surface area contributed by atoms with Gasteiger partial charge in [0.1, 0.15) is 17.3 Å². The van der Waals surface area contributed by atoms with Gasteiger partial charge in [0, 0.05) is 19.9 Å². The van der Waals surface area contributed by atoms with Crippen LogP contribution in [-0.2, 0) is 14.3 Å². The van der Waals surface area contributed by atoms with Gasteiger partial charge in [0.05, 0.1) is 18.4 Å². The Morgan fingerprint density at radius 1 is 1.04 bits per heavy atom. The van der Waals surface area contributed by atoms with Crippen molar-refractivity contribution >= 4 is 29.2 Å². The van der Waals surface area contributed by atoms with E-state index in [1.54, 1.807) is 12.1 Å². The number of methoxy groups -OCH3 is 1. The fourth-order valence-corrected chi connectivity index (χ4v) is 2.48. The van der Waals surface area contributed by atoms with Gasteiger partial charge in [-0.05, 0) is 24.3 Å². The normalized spacial score (nSPS) is 10.2. The zero-order valence-corrected chi connectivity index (χ0v) is 14.8. The third kappa shape index (κ3) is 4.87. The second kappa shape index (κ2) is 8.88. The van der Waals surface area contributed by atoms with Crippen molar-refractivity contribution in [3.05, 3.63) is 59.7 Å². The molecule has 0 bridgehead atoms. The zero-order chi connectivity index (χ0) is 20.0. The van der Waals surface area contributed by atoms with Crippen LogP contribution in [0.5, 0.6) is 0 Å². The number of carbonyl (C=O) groups excluding carboxylic acids is 3. The van der Waals surface area contributed by atoms with Crippen LogP contribution < -0.4 is 10.2 Å². The van der Waals surface area contributed by atoms with Crippen molar-refractivity contribution in [2.75, 3.05) is 23.9 Å². The monoisotopic (exact) mass is 376 g/mol. The van der Waals surface area contributed by atoms with Crippen molar-refractivity contribution in [3.8, 4) is 0 Å². The summed E-state index contributed by atoms with van der Waals surface area (Å²) >= 11 is 0. The standard InChI is InChI=1S/C19H18F2N2O4/c1-12(24)23(18-14(20)7-5-8-15(18)21)11-10-17(25)22-16-9-4-3-6-13(16)19(26)27-2/h3-9H,10-11H2,1-2H3,(H,22,25). The second-order valence-corrected chi connectivity index (χ2v) is 5.58. The molecule has 2 rings (SSSR count). The first-order chi connectivity index (χ1) is 12.8. The molecule has 0 heterocycles. The Balaban J connectivity index is 2.12. The van der Waals surface area contributed by atoms with Crippen molar-refractivity contribution in [2.24, 2.45) is 0 Å². The summed E-state index contributed by atoms with van der Waals surface area (Å²) < 4.78 is 32.5. The van der Waals surface area contributed by atoms with E-state index >= 15 is 0 Å². The lowest BCUT2D eigenvalue weighted by Crippen LogP contribution is -2.33. The Hall–Kier alpha value is -3.29. The minimum atomic E-state index is -0.901. The molecule has 6 nitrogen and oxygen atoms in total. The van der Waals surface area contributed by atoms with Gasteiger partial charge in [0.2, 0.25) is 11.8 Å². The van der Waals surface area contributed by atoms with E-state index in [0.717, 1.165) is 24.0 Å². The van der Waals surface area contributed by atoms with Gasteiger partial charge >= 0.3 is 5.97 Å². The van der Waals surface area contributed by atoms with Crippen molar-refractivity contribution in [1.82, 2.24) is 0 Å². The Morgan fingerprint density at radius 3 is 2.26 bits per heavy atom. The Morgan fingerprint density at radius 2 is 1.67 bits per heavy atom. The lowest BCUT2D eigenvalue weighted by molar-refractivity contribution is -0.117. The van der Waals surface area contributed by atoms with Gasteiger partial charge < -0.3 is 15.0 Å². The smallest absolute Gasteiger partial charge is 0.339 e. The van der Waals surface area contributed by atoms with E-state index in [0.29, 0.717) is 0 Å². The highest BCUT2D eigenvalue weighted by atomic mass is 19.1. The molecule has 8 heteroatoms. The molecule has 0 atom stereocenters. The third-order valence-electron chi connectivity index (χ3n) is 3.76. The second-order valence-electron chi connectivity index (χ2n) is 5.58. The summed E-state index contributed by atoms with van der Waals surface area (Å²) in [5.74, 6) is -3.57. The van der Waals surface area contributed by atoms with Crippen LogP contribution >= 0.6 is 0 Å². The van der Waals surface area contributed by atoms with Gasteiger partial charge in [-0.25, -0.2) is 13.6 Å². The molecule has 27 heavy (non-hydrogen) atoms. The Bertz CT molecular complexity index is 850. The van der Waals surface area contributed by atoms with E-state index in [1.165, 1.54) is 25.3 Å². The third-order valence-corrected chi connectivity index (χ3v) is 3.76. The minimum Gasteiger partial charge on any atom is -0.465 e. The highest BCUT2D eigenvalue weighted by Crippen LogP contribution is 2.24. The lowest BCUT2D eigenvalue weighted by atomic mass is 10.1. The Labute approximate surface area is 154 Å². The highest BCUT2D eigenvalue weighted by Gasteiger charge is 2.21. The summed E-state index contributed by atoms with van der Waals surface area (Å²) in [6.45, 7) is 0.912. The van der Waals surface area contributed by atoms with Crippen LogP contribution in [0.4, 0.5) is 20.2 Å². The van der Waals surface area contributed by atoms with Crippen molar-refractivity contribution in [1.29, 1.82) is 0 Å². The molecule has 2 aromatic rings. The molecule has 2 aromatic carbocycles. The largest absolute Gasteiger partial charge is 0.465 e. The molecule has 0 aromatic heterocycles. The van der Waals surface area contributed by atoms with Crippen molar-refractivity contribution in [3.63, 3.8) is 0 Å². The van der Waals surface area contributed by atoms with Crippen molar-refractivity contribution < 1.29 is 27.9 Å². The maximum atomic E-state index is 13.9. The number of benzene rings is 2. The first kappa shape index (κ1) is 20.0. The molecule has 0 saturated heterocycles. The van der Waals surface area contributed by atoms with Crippen LogP contribution in [0.2, 0.25) is 0 Å². The van der Waals surface area contributed by atoms with Gasteiger partial charge in [-0.2, -0.15) is 0 Å². The van der Waals surface area contributed by atoms with Gasteiger partial charge in [-0.3, -0.25) is 9.59 Å². The summed E-state index contributed by atoms with van der Waals surface area (Å²) in [5.41, 5.74) is -0.106. The minimum absolute atomic E-state index is 0.164. The molecule has 0 saturated carbocycles. The number of esters is 1. The van der Waals surface area contributed by atoms with Gasteiger partial charge in [-0.15, -0.1) is 0 Å². The van der Waals surface area contributed by atoms with Crippen LogP contribution in [0.1, 0.15) is 23.7 Å². The molecule has 0 spiro atoms. The van der Waals surface area contributed by atoms with Crippen LogP contribution in [0.25, 0.3) is 0 Å². The number of nitrogens with one attached hydrogen (secondary N) is 1. The number of rotatable bonds is 6. The number of hydrogen-bond donors (Lipinski definition) is 1. The average Bonchev–Trinajstić information content (AvgIpc) is 2.63. The molecule has 0 unspecified atom stereocenters. The average molecular weight is 376 g/mol. The lowest BCUT2D eigenvalue weighted by Gasteiger charge is -2.22. The molecule has 0 aliphatic heterocycles. The van der Waals surface area contributed by atoms with Crippen LogP contribution in [0.3, 0.4) is 0 Å². The molecule has 0 radical (unpaired) electrons. The van der Waals surface area contributed by atoms with E-state index in [2.05, 4.69) is 10.1 Å². The summed E-state index contributed by atoms with van der Waals surface area (Å²) in [6.07, 6.45) is -0.233. The number of anilines is 2. The fourth-order valence-electron chi connectivity index (χ4n) is 2.48. The highest BCUT2D eigenvalue weighted by molar-refractivity contribution is 6.01. The number of nitrogens with zero attached hydrogens (tertiary/aromatic N) is 1. The maximum absolute atomic E-state index is 13.9. The summed E-state index contributed by atoms with van der Waals surface area (Å²) in [6, 6.07) is 9.48. The number of amides is 2. The molecule has 1 N–H and O–H groups in total. The van der Waals surface area contributed by atoms with Gasteiger partial charge in [0.25, 0.3) is 0 Å². The fraction of sp³-hybridized carbons (Fsp3) is 0.211. The van der Waals surface area contributed by atoms with E-state index in [1.807, 2.05) is 0 Å². The molecule has 0 aliphatic rings. The molecule has 142 valence electrons. The first-order valence-electron chi connectivity index (χ1n) is 8.04. The summed E-state index contributed by atoms with van der Waals surface area (Å²) in [5, 5.41) is 2.54. The number of halogens is 2. The Kier molecular flexibility index (Phi) is 6.59. The molecule has 2 amide bonds. The van der Waals surface area contributed by atoms with Gasteiger partial charge in [0.15, 0.2) is 0 Å². The molecular weight excluding hydrogens is 358 g/mol. The van der Waals surface area contributed by atoms with Crippen LogP contribution in [0, 0.1) is 11.6 Å². The number of ether oxygens (including phenoxy) is 1. The molecule has 0 fully saturated rings. The SMILES string of the molecule is COC(=O)c1ccccc1NC(=O)CCN(C(C)=O)c1c(F)cccc1F. The maximum Gasteiger partial charge on any atom is 0.339 e.